The summed E-state index contributed by atoms with van der Waals surface area (Å²) in [5.74, 6) is 1.96. The second kappa shape index (κ2) is 9.66. The maximum absolute atomic E-state index is 12.4. The van der Waals surface area contributed by atoms with E-state index in [9.17, 15) is 4.79 Å². The smallest absolute Gasteiger partial charge is 0.234 e. The van der Waals surface area contributed by atoms with Gasteiger partial charge in [0.2, 0.25) is 5.91 Å². The molecular weight excluding hydrogens is 388 g/mol. The molecule has 0 bridgehead atoms. The summed E-state index contributed by atoms with van der Waals surface area (Å²) in [5.41, 5.74) is 0.486. The van der Waals surface area contributed by atoms with Crippen LogP contribution in [0.25, 0.3) is 0 Å². The molecule has 2 rings (SSSR count). The van der Waals surface area contributed by atoms with E-state index >= 15 is 0 Å². The van der Waals surface area contributed by atoms with Crippen LogP contribution >= 0.6 is 23.4 Å². The lowest BCUT2D eigenvalue weighted by molar-refractivity contribution is -0.113. The zero-order chi connectivity index (χ0) is 20.0. The van der Waals surface area contributed by atoms with Gasteiger partial charge in [0.1, 0.15) is 17.3 Å². The van der Waals surface area contributed by atoms with Crippen molar-refractivity contribution in [1.82, 2.24) is 14.8 Å². The third-order valence-electron chi connectivity index (χ3n) is 3.65. The number of hydrogen-bond donors (Lipinski definition) is 1. The lowest BCUT2D eigenvalue weighted by Gasteiger charge is -2.13. The van der Waals surface area contributed by atoms with Gasteiger partial charge in [-0.3, -0.25) is 4.79 Å². The van der Waals surface area contributed by atoms with E-state index in [0.29, 0.717) is 33.9 Å². The number of ether oxygens (including phenoxy) is 2. The number of carbonyl (C=O) groups is 1. The van der Waals surface area contributed by atoms with E-state index in [4.69, 9.17) is 21.1 Å². The maximum Gasteiger partial charge on any atom is 0.234 e. The van der Waals surface area contributed by atoms with Crippen LogP contribution in [0.3, 0.4) is 0 Å². The van der Waals surface area contributed by atoms with Gasteiger partial charge in [0.05, 0.1) is 30.7 Å². The summed E-state index contributed by atoms with van der Waals surface area (Å²) >= 11 is 7.40. The number of anilines is 1. The van der Waals surface area contributed by atoms with Gasteiger partial charge in [0, 0.05) is 24.6 Å². The molecule has 0 atom stereocenters. The van der Waals surface area contributed by atoms with E-state index in [1.54, 1.807) is 18.2 Å². The molecule has 0 fully saturated rings. The SMILES string of the molecule is C=CCn1c(SCC(=O)Nc2cc(OC)c(Cl)cc2OC)nnc1C(C)C. The van der Waals surface area contributed by atoms with Crippen LogP contribution in [0.2, 0.25) is 5.02 Å². The van der Waals surface area contributed by atoms with Crippen molar-refractivity contribution in [3.05, 3.63) is 35.6 Å². The molecule has 0 spiro atoms. The first-order valence-electron chi connectivity index (χ1n) is 8.29. The van der Waals surface area contributed by atoms with Crippen molar-refractivity contribution in [3.63, 3.8) is 0 Å². The second-order valence-corrected chi connectivity index (χ2v) is 7.27. The normalized spacial score (nSPS) is 10.7. The summed E-state index contributed by atoms with van der Waals surface area (Å²) in [5, 5.41) is 12.3. The predicted molar refractivity (Wildman–Crippen MR) is 108 cm³/mol. The van der Waals surface area contributed by atoms with Gasteiger partial charge in [-0.05, 0) is 0 Å². The molecule has 2 aromatic rings. The van der Waals surface area contributed by atoms with Crippen LogP contribution in [-0.2, 0) is 11.3 Å². The van der Waals surface area contributed by atoms with Crippen molar-refractivity contribution in [2.24, 2.45) is 0 Å². The van der Waals surface area contributed by atoms with E-state index in [0.717, 1.165) is 5.82 Å². The van der Waals surface area contributed by atoms with E-state index in [-0.39, 0.29) is 17.6 Å². The number of methoxy groups -OCH3 is 2. The Labute approximate surface area is 168 Å². The molecular formula is C18H23ClN4O3S. The first-order valence-corrected chi connectivity index (χ1v) is 9.65. The molecule has 0 aliphatic rings. The molecule has 0 saturated heterocycles. The number of nitrogens with one attached hydrogen (secondary N) is 1. The van der Waals surface area contributed by atoms with Gasteiger partial charge in [-0.2, -0.15) is 0 Å². The molecule has 1 heterocycles. The average molecular weight is 411 g/mol. The van der Waals surface area contributed by atoms with Gasteiger partial charge in [-0.25, -0.2) is 0 Å². The summed E-state index contributed by atoms with van der Waals surface area (Å²) in [6.45, 7) is 8.45. The predicted octanol–water partition coefficient (Wildman–Crippen LogP) is 3.99. The number of carbonyl (C=O) groups excluding carboxylic acids is 1. The van der Waals surface area contributed by atoms with E-state index in [1.165, 1.54) is 26.0 Å². The summed E-state index contributed by atoms with van der Waals surface area (Å²) < 4.78 is 12.4. The van der Waals surface area contributed by atoms with E-state index in [2.05, 4.69) is 22.1 Å². The number of amides is 1. The molecule has 0 radical (unpaired) electrons. The third kappa shape index (κ3) is 5.17. The molecule has 9 heteroatoms. The fourth-order valence-corrected chi connectivity index (χ4v) is 3.39. The van der Waals surface area contributed by atoms with Crippen LogP contribution in [0, 0.1) is 0 Å². The Morgan fingerprint density at radius 1 is 1.33 bits per heavy atom. The fraction of sp³-hybridized carbons (Fsp3) is 0.389. The minimum atomic E-state index is -0.207. The lowest BCUT2D eigenvalue weighted by Crippen LogP contribution is -2.15. The Bertz CT molecular complexity index is 823. The first-order chi connectivity index (χ1) is 12.9. The van der Waals surface area contributed by atoms with Crippen LogP contribution in [0.15, 0.2) is 29.9 Å². The van der Waals surface area contributed by atoms with Crippen LogP contribution in [0.1, 0.15) is 25.6 Å². The number of thioether (sulfide) groups is 1. The minimum absolute atomic E-state index is 0.168. The van der Waals surface area contributed by atoms with E-state index in [1.807, 2.05) is 18.4 Å². The average Bonchev–Trinajstić information content (AvgIpc) is 3.04. The molecule has 0 saturated carbocycles. The zero-order valence-electron chi connectivity index (χ0n) is 15.8. The van der Waals surface area contributed by atoms with Gasteiger partial charge >= 0.3 is 0 Å². The third-order valence-corrected chi connectivity index (χ3v) is 4.92. The van der Waals surface area contributed by atoms with Gasteiger partial charge in [0.15, 0.2) is 5.16 Å². The highest BCUT2D eigenvalue weighted by atomic mass is 35.5. The van der Waals surface area contributed by atoms with Crippen molar-refractivity contribution in [2.75, 3.05) is 25.3 Å². The number of aromatic nitrogens is 3. The van der Waals surface area contributed by atoms with E-state index < -0.39 is 0 Å². The van der Waals surface area contributed by atoms with Crippen LogP contribution in [0.4, 0.5) is 5.69 Å². The lowest BCUT2D eigenvalue weighted by atomic mass is 10.2. The monoisotopic (exact) mass is 410 g/mol. The Balaban J connectivity index is 2.10. The number of rotatable bonds is 9. The molecule has 0 aliphatic heterocycles. The van der Waals surface area contributed by atoms with Gasteiger partial charge in [-0.1, -0.05) is 43.3 Å². The Morgan fingerprint density at radius 3 is 2.63 bits per heavy atom. The summed E-state index contributed by atoms with van der Waals surface area (Å²) in [6, 6.07) is 3.22. The minimum Gasteiger partial charge on any atom is -0.495 e. The van der Waals surface area contributed by atoms with Crippen molar-refractivity contribution in [1.29, 1.82) is 0 Å². The molecule has 7 nitrogen and oxygen atoms in total. The summed E-state index contributed by atoms with van der Waals surface area (Å²) in [6.07, 6.45) is 1.78. The standard InChI is InChI=1S/C18H23ClN4O3S/c1-6-7-23-17(11(2)3)21-22-18(23)27-10-16(24)20-13-9-14(25-4)12(19)8-15(13)26-5/h6,8-9,11H,1,7,10H2,2-5H3,(H,20,24). The number of halogens is 1. The first kappa shape index (κ1) is 21.1. The van der Waals surface area contributed by atoms with Crippen molar-refractivity contribution in [3.8, 4) is 11.5 Å². The highest BCUT2D eigenvalue weighted by Gasteiger charge is 2.17. The zero-order valence-corrected chi connectivity index (χ0v) is 17.4. The number of nitrogens with zero attached hydrogens (tertiary/aromatic N) is 3. The summed E-state index contributed by atoms with van der Waals surface area (Å²) in [7, 11) is 3.02. The molecule has 146 valence electrons. The molecule has 0 aliphatic carbocycles. The van der Waals surface area contributed by atoms with Crippen molar-refractivity contribution >= 4 is 35.0 Å². The van der Waals surface area contributed by atoms with Crippen molar-refractivity contribution < 1.29 is 14.3 Å². The topological polar surface area (TPSA) is 78.3 Å². The maximum atomic E-state index is 12.4. The Morgan fingerprint density at radius 2 is 2.04 bits per heavy atom. The highest BCUT2D eigenvalue weighted by molar-refractivity contribution is 7.99. The molecule has 27 heavy (non-hydrogen) atoms. The molecule has 1 aromatic heterocycles. The number of allylic oxidation sites excluding steroid dienone is 1. The largest absolute Gasteiger partial charge is 0.495 e. The molecule has 1 N–H and O–H groups in total. The van der Waals surface area contributed by atoms with Crippen LogP contribution in [0.5, 0.6) is 11.5 Å². The van der Waals surface area contributed by atoms with Gasteiger partial charge in [0.25, 0.3) is 0 Å². The Hall–Kier alpha value is -2.19. The van der Waals surface area contributed by atoms with Gasteiger partial charge < -0.3 is 19.4 Å². The van der Waals surface area contributed by atoms with Crippen LogP contribution in [-0.4, -0.2) is 40.6 Å². The highest BCUT2D eigenvalue weighted by Crippen LogP contribution is 2.36. The quantitative estimate of drug-likeness (QED) is 0.497. The molecule has 1 amide bonds. The molecule has 0 unspecified atom stereocenters. The Kier molecular flexibility index (Phi) is 7.55. The van der Waals surface area contributed by atoms with Crippen molar-refractivity contribution in [2.45, 2.75) is 31.5 Å². The van der Waals surface area contributed by atoms with Gasteiger partial charge in [-0.15, -0.1) is 16.8 Å². The number of hydrogen-bond acceptors (Lipinski definition) is 6. The summed E-state index contributed by atoms with van der Waals surface area (Å²) in [4.78, 5) is 12.4. The second-order valence-electron chi connectivity index (χ2n) is 5.92. The van der Waals surface area contributed by atoms with Crippen LogP contribution < -0.4 is 14.8 Å². The molecule has 1 aromatic carbocycles. The fourth-order valence-electron chi connectivity index (χ4n) is 2.41. The number of benzene rings is 1.